The standard InChI is InChI=1S/C15H15Cl2N3O/c1-3-12(10-6-4-9(2)5-7-10)18-15(21)11-8-13(16)19-20-14(11)17/h4-8,12H,3H2,1-2H3,(H,18,21). The highest BCUT2D eigenvalue weighted by Gasteiger charge is 2.17. The van der Waals surface area contributed by atoms with E-state index in [4.69, 9.17) is 23.2 Å². The van der Waals surface area contributed by atoms with Gasteiger partial charge < -0.3 is 5.32 Å². The molecular formula is C15H15Cl2N3O. The summed E-state index contributed by atoms with van der Waals surface area (Å²) >= 11 is 11.6. The zero-order valence-electron chi connectivity index (χ0n) is 11.7. The maximum Gasteiger partial charge on any atom is 0.255 e. The SMILES string of the molecule is CCC(NC(=O)c1cc(Cl)nnc1Cl)c1ccc(C)cc1. The van der Waals surface area contributed by atoms with E-state index in [2.05, 4.69) is 15.5 Å². The fourth-order valence-electron chi connectivity index (χ4n) is 1.97. The number of hydrogen-bond donors (Lipinski definition) is 1. The normalized spacial score (nSPS) is 12.0. The lowest BCUT2D eigenvalue weighted by Gasteiger charge is -2.18. The molecular weight excluding hydrogens is 309 g/mol. The number of hydrogen-bond acceptors (Lipinski definition) is 3. The molecule has 0 aliphatic rings. The van der Waals surface area contributed by atoms with Gasteiger partial charge in [0.15, 0.2) is 10.3 Å². The minimum Gasteiger partial charge on any atom is -0.345 e. The van der Waals surface area contributed by atoms with Crippen LogP contribution in [-0.4, -0.2) is 16.1 Å². The molecule has 0 aliphatic carbocycles. The number of aromatic nitrogens is 2. The molecule has 6 heteroatoms. The topological polar surface area (TPSA) is 54.9 Å². The van der Waals surface area contributed by atoms with Gasteiger partial charge in [-0.2, -0.15) is 0 Å². The molecule has 0 saturated carbocycles. The second-order valence-electron chi connectivity index (χ2n) is 4.72. The maximum absolute atomic E-state index is 12.3. The van der Waals surface area contributed by atoms with E-state index in [0.29, 0.717) is 0 Å². The number of halogens is 2. The van der Waals surface area contributed by atoms with Gasteiger partial charge in [0.05, 0.1) is 11.6 Å². The zero-order chi connectivity index (χ0) is 15.4. The van der Waals surface area contributed by atoms with E-state index in [-0.39, 0.29) is 27.8 Å². The van der Waals surface area contributed by atoms with Gasteiger partial charge in [-0.3, -0.25) is 4.79 Å². The molecule has 1 heterocycles. The quantitative estimate of drug-likeness (QED) is 0.926. The molecule has 1 aromatic heterocycles. The van der Waals surface area contributed by atoms with Crippen molar-refractivity contribution in [3.8, 4) is 0 Å². The van der Waals surface area contributed by atoms with E-state index in [9.17, 15) is 4.79 Å². The van der Waals surface area contributed by atoms with Crippen molar-refractivity contribution in [2.24, 2.45) is 0 Å². The Labute approximate surface area is 133 Å². The van der Waals surface area contributed by atoms with Crippen LogP contribution in [0.3, 0.4) is 0 Å². The molecule has 2 aromatic rings. The number of amides is 1. The Hall–Kier alpha value is -1.65. The zero-order valence-corrected chi connectivity index (χ0v) is 13.2. The Morgan fingerprint density at radius 2 is 1.90 bits per heavy atom. The van der Waals surface area contributed by atoms with Gasteiger partial charge in [-0.15, -0.1) is 10.2 Å². The molecule has 21 heavy (non-hydrogen) atoms. The van der Waals surface area contributed by atoms with Crippen LogP contribution >= 0.6 is 23.2 Å². The second-order valence-corrected chi connectivity index (χ2v) is 5.46. The van der Waals surface area contributed by atoms with Crippen LogP contribution in [0.1, 0.15) is 40.9 Å². The van der Waals surface area contributed by atoms with E-state index < -0.39 is 0 Å². The molecule has 0 bridgehead atoms. The van der Waals surface area contributed by atoms with E-state index >= 15 is 0 Å². The fraction of sp³-hybridized carbons (Fsp3) is 0.267. The van der Waals surface area contributed by atoms with Crippen molar-refractivity contribution in [1.82, 2.24) is 15.5 Å². The van der Waals surface area contributed by atoms with Crippen LogP contribution in [0.2, 0.25) is 10.3 Å². The monoisotopic (exact) mass is 323 g/mol. The molecule has 0 radical (unpaired) electrons. The van der Waals surface area contributed by atoms with Crippen LogP contribution in [0.5, 0.6) is 0 Å². The van der Waals surface area contributed by atoms with Gasteiger partial charge in [0, 0.05) is 0 Å². The van der Waals surface area contributed by atoms with E-state index in [1.54, 1.807) is 0 Å². The minimum atomic E-state index is -0.316. The van der Waals surface area contributed by atoms with Crippen molar-refractivity contribution in [3.63, 3.8) is 0 Å². The third kappa shape index (κ3) is 3.93. The summed E-state index contributed by atoms with van der Waals surface area (Å²) in [5, 5.41) is 10.3. The molecule has 0 aliphatic heterocycles. The summed E-state index contributed by atoms with van der Waals surface area (Å²) in [5.74, 6) is -0.316. The van der Waals surface area contributed by atoms with Crippen molar-refractivity contribution in [2.75, 3.05) is 0 Å². The van der Waals surface area contributed by atoms with E-state index in [1.165, 1.54) is 11.6 Å². The Morgan fingerprint density at radius 3 is 2.52 bits per heavy atom. The Balaban J connectivity index is 2.20. The highest BCUT2D eigenvalue weighted by Crippen LogP contribution is 2.20. The van der Waals surface area contributed by atoms with Crippen molar-refractivity contribution >= 4 is 29.1 Å². The largest absolute Gasteiger partial charge is 0.345 e. The van der Waals surface area contributed by atoms with Crippen molar-refractivity contribution in [1.29, 1.82) is 0 Å². The molecule has 0 fully saturated rings. The number of carbonyl (C=O) groups is 1. The number of carbonyl (C=O) groups excluding carboxylic acids is 1. The van der Waals surface area contributed by atoms with E-state index in [1.807, 2.05) is 38.1 Å². The van der Waals surface area contributed by atoms with Crippen LogP contribution in [0.25, 0.3) is 0 Å². The van der Waals surface area contributed by atoms with Gasteiger partial charge in [0.25, 0.3) is 5.91 Å². The average Bonchev–Trinajstić information content (AvgIpc) is 2.48. The summed E-state index contributed by atoms with van der Waals surface area (Å²) in [6.07, 6.45) is 0.763. The number of rotatable bonds is 4. The lowest BCUT2D eigenvalue weighted by molar-refractivity contribution is 0.0935. The second kappa shape index (κ2) is 6.87. The Kier molecular flexibility index (Phi) is 5.15. The summed E-state index contributed by atoms with van der Waals surface area (Å²) in [6.45, 7) is 4.03. The van der Waals surface area contributed by atoms with Gasteiger partial charge >= 0.3 is 0 Å². The van der Waals surface area contributed by atoms with Crippen LogP contribution in [0.15, 0.2) is 30.3 Å². The lowest BCUT2D eigenvalue weighted by atomic mass is 10.0. The Bertz CT molecular complexity index is 644. The predicted molar refractivity (Wildman–Crippen MR) is 83.7 cm³/mol. The van der Waals surface area contributed by atoms with Gasteiger partial charge in [0.2, 0.25) is 0 Å². The third-order valence-electron chi connectivity index (χ3n) is 3.16. The summed E-state index contributed by atoms with van der Waals surface area (Å²) in [4.78, 5) is 12.3. The van der Waals surface area contributed by atoms with Gasteiger partial charge in [-0.1, -0.05) is 60.0 Å². The lowest BCUT2D eigenvalue weighted by Crippen LogP contribution is -2.28. The molecule has 2 rings (SSSR count). The van der Waals surface area contributed by atoms with Gasteiger partial charge in [-0.05, 0) is 25.0 Å². The summed E-state index contributed by atoms with van der Waals surface area (Å²) < 4.78 is 0. The number of nitrogens with one attached hydrogen (secondary N) is 1. The first-order chi connectivity index (χ1) is 10.0. The maximum atomic E-state index is 12.3. The molecule has 1 amide bonds. The first-order valence-corrected chi connectivity index (χ1v) is 7.33. The van der Waals surface area contributed by atoms with Crippen LogP contribution < -0.4 is 5.32 Å². The van der Waals surface area contributed by atoms with Gasteiger partial charge in [-0.25, -0.2) is 0 Å². The number of nitrogens with zero attached hydrogens (tertiary/aromatic N) is 2. The molecule has 0 saturated heterocycles. The molecule has 110 valence electrons. The van der Waals surface area contributed by atoms with Crippen LogP contribution in [0, 0.1) is 6.92 Å². The number of benzene rings is 1. The first kappa shape index (κ1) is 15.7. The highest BCUT2D eigenvalue weighted by molar-refractivity contribution is 6.34. The molecule has 4 nitrogen and oxygen atoms in total. The summed E-state index contributed by atoms with van der Waals surface area (Å²) in [7, 11) is 0. The van der Waals surface area contributed by atoms with Crippen LogP contribution in [-0.2, 0) is 0 Å². The van der Waals surface area contributed by atoms with Crippen molar-refractivity contribution in [2.45, 2.75) is 26.3 Å². The minimum absolute atomic E-state index is 0.0376. The molecule has 1 atom stereocenters. The summed E-state index contributed by atoms with van der Waals surface area (Å²) in [6, 6.07) is 9.35. The third-order valence-corrected chi connectivity index (χ3v) is 3.62. The summed E-state index contributed by atoms with van der Waals surface area (Å²) in [5.41, 5.74) is 2.44. The molecule has 1 aromatic carbocycles. The Morgan fingerprint density at radius 1 is 1.24 bits per heavy atom. The predicted octanol–water partition coefficient (Wildman–Crippen LogP) is 3.97. The van der Waals surface area contributed by atoms with E-state index in [0.717, 1.165) is 12.0 Å². The molecule has 1 unspecified atom stereocenters. The average molecular weight is 324 g/mol. The first-order valence-electron chi connectivity index (χ1n) is 6.57. The smallest absolute Gasteiger partial charge is 0.255 e. The highest BCUT2D eigenvalue weighted by atomic mass is 35.5. The fourth-order valence-corrected chi connectivity index (χ4v) is 2.29. The molecule has 0 spiro atoms. The number of aryl methyl sites for hydroxylation is 1. The van der Waals surface area contributed by atoms with Crippen LogP contribution in [0.4, 0.5) is 0 Å². The van der Waals surface area contributed by atoms with Gasteiger partial charge in [0.1, 0.15) is 0 Å². The van der Waals surface area contributed by atoms with Crippen molar-refractivity contribution in [3.05, 3.63) is 57.3 Å². The molecule has 1 N–H and O–H groups in total. The van der Waals surface area contributed by atoms with Crippen molar-refractivity contribution < 1.29 is 4.79 Å².